The van der Waals surface area contributed by atoms with Gasteiger partial charge in [0.25, 0.3) is 5.56 Å². The highest BCUT2D eigenvalue weighted by molar-refractivity contribution is 7.99. The standard InChI is InChI=1S/C16H17N3O2S2/c1-10-7-15(21)19-11(9-23-16(19)17-10)8-14(20)18-12-5-3-4-6-13(12)22-2/h3-7,11H,8-9H2,1-2H3,(H,18,20). The highest BCUT2D eigenvalue weighted by Crippen LogP contribution is 2.32. The lowest BCUT2D eigenvalue weighted by molar-refractivity contribution is -0.116. The zero-order valence-electron chi connectivity index (χ0n) is 12.9. The number of fused-ring (bicyclic) bond motifs is 1. The summed E-state index contributed by atoms with van der Waals surface area (Å²) in [7, 11) is 0. The van der Waals surface area contributed by atoms with Crippen LogP contribution in [-0.2, 0) is 4.79 Å². The third kappa shape index (κ3) is 3.45. The number of aromatic nitrogens is 2. The van der Waals surface area contributed by atoms with Crippen LogP contribution in [0, 0.1) is 6.92 Å². The van der Waals surface area contributed by atoms with Crippen molar-refractivity contribution < 1.29 is 4.79 Å². The average molecular weight is 347 g/mol. The number of carbonyl (C=O) groups excluding carboxylic acids is 1. The molecule has 1 amide bonds. The normalized spacial score (nSPS) is 16.2. The van der Waals surface area contributed by atoms with Crippen LogP contribution in [-0.4, -0.2) is 27.5 Å². The van der Waals surface area contributed by atoms with Crippen molar-refractivity contribution >= 4 is 35.1 Å². The van der Waals surface area contributed by atoms with Gasteiger partial charge in [-0.1, -0.05) is 23.9 Å². The van der Waals surface area contributed by atoms with Gasteiger partial charge in [0.15, 0.2) is 5.16 Å². The number of anilines is 1. The molecule has 0 aliphatic carbocycles. The predicted octanol–water partition coefficient (Wildman–Crippen LogP) is 2.95. The molecule has 0 bridgehead atoms. The molecular formula is C16H17N3O2S2. The van der Waals surface area contributed by atoms with E-state index in [0.29, 0.717) is 16.6 Å². The maximum absolute atomic E-state index is 12.4. The van der Waals surface area contributed by atoms with Crippen LogP contribution in [0.15, 0.2) is 45.2 Å². The molecule has 0 fully saturated rings. The minimum atomic E-state index is -0.142. The van der Waals surface area contributed by atoms with Crippen LogP contribution in [0.3, 0.4) is 0 Å². The largest absolute Gasteiger partial charge is 0.325 e. The molecule has 23 heavy (non-hydrogen) atoms. The summed E-state index contributed by atoms with van der Waals surface area (Å²) in [4.78, 5) is 29.9. The summed E-state index contributed by atoms with van der Waals surface area (Å²) in [5.41, 5.74) is 1.44. The van der Waals surface area contributed by atoms with E-state index in [2.05, 4.69) is 10.3 Å². The van der Waals surface area contributed by atoms with Crippen molar-refractivity contribution in [1.82, 2.24) is 9.55 Å². The van der Waals surface area contributed by atoms with Gasteiger partial charge in [0, 0.05) is 28.8 Å². The van der Waals surface area contributed by atoms with E-state index in [1.807, 2.05) is 37.4 Å². The summed E-state index contributed by atoms with van der Waals surface area (Å²) in [6.45, 7) is 1.81. The number of amides is 1. The van der Waals surface area contributed by atoms with Crippen LogP contribution in [0.5, 0.6) is 0 Å². The molecule has 1 unspecified atom stereocenters. The molecule has 120 valence electrons. The molecule has 5 nitrogen and oxygen atoms in total. The van der Waals surface area contributed by atoms with E-state index in [1.165, 1.54) is 17.8 Å². The van der Waals surface area contributed by atoms with Crippen LogP contribution < -0.4 is 10.9 Å². The predicted molar refractivity (Wildman–Crippen MR) is 94.5 cm³/mol. The minimum Gasteiger partial charge on any atom is -0.325 e. The smallest absolute Gasteiger partial charge is 0.254 e. The lowest BCUT2D eigenvalue weighted by Gasteiger charge is -2.14. The first-order valence-corrected chi connectivity index (χ1v) is 9.45. The molecule has 7 heteroatoms. The van der Waals surface area contributed by atoms with Crippen LogP contribution in [0.25, 0.3) is 0 Å². The average Bonchev–Trinajstić information content (AvgIpc) is 2.90. The van der Waals surface area contributed by atoms with Gasteiger partial charge in [0.05, 0.1) is 11.7 Å². The SMILES string of the molecule is CSc1ccccc1NC(=O)CC1CSc2nc(C)cc(=O)n21. The first-order valence-electron chi connectivity index (χ1n) is 7.24. The van der Waals surface area contributed by atoms with E-state index in [0.717, 1.165) is 10.6 Å². The minimum absolute atomic E-state index is 0.0835. The highest BCUT2D eigenvalue weighted by atomic mass is 32.2. The molecule has 3 rings (SSSR count). The van der Waals surface area contributed by atoms with Crippen molar-refractivity contribution in [2.45, 2.75) is 29.4 Å². The van der Waals surface area contributed by atoms with E-state index in [1.54, 1.807) is 16.3 Å². The van der Waals surface area contributed by atoms with Gasteiger partial charge in [0.1, 0.15) is 0 Å². The van der Waals surface area contributed by atoms with Crippen LogP contribution in [0.2, 0.25) is 0 Å². The number of thioether (sulfide) groups is 2. The van der Waals surface area contributed by atoms with Gasteiger partial charge in [-0.25, -0.2) is 4.98 Å². The highest BCUT2D eigenvalue weighted by Gasteiger charge is 2.27. The van der Waals surface area contributed by atoms with Gasteiger partial charge in [-0.05, 0) is 25.3 Å². The second kappa shape index (κ2) is 6.80. The van der Waals surface area contributed by atoms with Crippen molar-refractivity contribution in [2.75, 3.05) is 17.3 Å². The molecular weight excluding hydrogens is 330 g/mol. The molecule has 1 aromatic heterocycles. The second-order valence-corrected chi connectivity index (χ2v) is 7.14. The Bertz CT molecular complexity index is 804. The van der Waals surface area contributed by atoms with Crippen LogP contribution in [0.1, 0.15) is 18.2 Å². The van der Waals surface area contributed by atoms with E-state index < -0.39 is 0 Å². The second-order valence-electron chi connectivity index (χ2n) is 5.31. The van der Waals surface area contributed by atoms with E-state index in [9.17, 15) is 9.59 Å². The van der Waals surface area contributed by atoms with Gasteiger partial charge < -0.3 is 5.32 Å². The Kier molecular flexibility index (Phi) is 4.77. The van der Waals surface area contributed by atoms with Gasteiger partial charge in [-0.2, -0.15) is 0 Å². The molecule has 0 saturated heterocycles. The number of rotatable bonds is 4. The molecule has 2 aromatic rings. The quantitative estimate of drug-likeness (QED) is 0.680. The molecule has 2 heterocycles. The fourth-order valence-electron chi connectivity index (χ4n) is 2.58. The first-order chi connectivity index (χ1) is 11.1. The van der Waals surface area contributed by atoms with Crippen LogP contribution >= 0.6 is 23.5 Å². The summed E-state index contributed by atoms with van der Waals surface area (Å²) in [6, 6.07) is 9.07. The summed E-state index contributed by atoms with van der Waals surface area (Å²) in [5, 5.41) is 3.65. The van der Waals surface area contributed by atoms with Crippen molar-refractivity contribution in [3.63, 3.8) is 0 Å². The number of para-hydroxylation sites is 1. The van der Waals surface area contributed by atoms with Gasteiger partial charge in [-0.15, -0.1) is 11.8 Å². The molecule has 1 atom stereocenters. The Morgan fingerprint density at radius 3 is 3.04 bits per heavy atom. The lowest BCUT2D eigenvalue weighted by atomic mass is 10.2. The number of benzene rings is 1. The number of nitrogens with one attached hydrogen (secondary N) is 1. The number of hydrogen-bond donors (Lipinski definition) is 1. The Morgan fingerprint density at radius 1 is 1.48 bits per heavy atom. The summed E-state index contributed by atoms with van der Waals surface area (Å²) < 4.78 is 1.64. The maximum Gasteiger partial charge on any atom is 0.254 e. The zero-order valence-corrected chi connectivity index (χ0v) is 14.5. The number of carbonyl (C=O) groups is 1. The van der Waals surface area contributed by atoms with E-state index in [4.69, 9.17) is 0 Å². The third-order valence-corrected chi connectivity index (χ3v) is 5.51. The Balaban J connectivity index is 1.75. The monoisotopic (exact) mass is 347 g/mol. The maximum atomic E-state index is 12.4. The molecule has 0 radical (unpaired) electrons. The van der Waals surface area contributed by atoms with Crippen molar-refractivity contribution in [3.8, 4) is 0 Å². The number of hydrogen-bond acceptors (Lipinski definition) is 5. The third-order valence-electron chi connectivity index (χ3n) is 3.62. The van der Waals surface area contributed by atoms with E-state index in [-0.39, 0.29) is 23.9 Å². The van der Waals surface area contributed by atoms with Crippen molar-refractivity contribution in [1.29, 1.82) is 0 Å². The van der Waals surface area contributed by atoms with Gasteiger partial charge in [0.2, 0.25) is 5.91 Å². The van der Waals surface area contributed by atoms with Gasteiger partial charge in [-0.3, -0.25) is 14.2 Å². The van der Waals surface area contributed by atoms with Gasteiger partial charge >= 0.3 is 0 Å². The van der Waals surface area contributed by atoms with Crippen molar-refractivity contribution in [3.05, 3.63) is 46.4 Å². The van der Waals surface area contributed by atoms with Crippen molar-refractivity contribution in [2.24, 2.45) is 0 Å². The number of nitrogens with zero attached hydrogens (tertiary/aromatic N) is 2. The zero-order chi connectivity index (χ0) is 16.4. The fourth-order valence-corrected chi connectivity index (χ4v) is 4.32. The Labute approximate surface area is 142 Å². The Hall–Kier alpha value is -1.73. The first kappa shape index (κ1) is 16.1. The molecule has 1 aliphatic heterocycles. The van der Waals surface area contributed by atoms with Crippen LogP contribution in [0.4, 0.5) is 5.69 Å². The molecule has 0 saturated carbocycles. The summed E-state index contributed by atoms with van der Waals surface area (Å²) in [6.07, 6.45) is 2.25. The summed E-state index contributed by atoms with van der Waals surface area (Å²) in [5.74, 6) is 0.612. The number of aryl methyl sites for hydroxylation is 1. The Morgan fingerprint density at radius 2 is 2.26 bits per heavy atom. The summed E-state index contributed by atoms with van der Waals surface area (Å²) >= 11 is 3.12. The molecule has 0 spiro atoms. The molecule has 1 N–H and O–H groups in total. The van der Waals surface area contributed by atoms with E-state index >= 15 is 0 Å². The molecule has 1 aromatic carbocycles. The topological polar surface area (TPSA) is 64.0 Å². The lowest BCUT2D eigenvalue weighted by Crippen LogP contribution is -2.27. The fraction of sp³-hybridized carbons (Fsp3) is 0.312. The molecule has 1 aliphatic rings.